The summed E-state index contributed by atoms with van der Waals surface area (Å²) in [4.78, 5) is 4.40. The number of aromatic nitrogens is 1. The maximum Gasteiger partial charge on any atom is 0.110 e. The molecule has 0 amide bonds. The standard InChI is InChI=1S/C10H10ClNOS/c1-6-3-8(7(2)13-6)9-5-14-10(4-11)12-9/h3,5H,4H2,1-2H3. The minimum absolute atomic E-state index is 0.473. The van der Waals surface area contributed by atoms with Gasteiger partial charge in [-0.3, -0.25) is 0 Å². The van der Waals surface area contributed by atoms with E-state index >= 15 is 0 Å². The van der Waals surface area contributed by atoms with Crippen LogP contribution in [0.3, 0.4) is 0 Å². The van der Waals surface area contributed by atoms with E-state index in [0.717, 1.165) is 27.8 Å². The molecule has 0 saturated heterocycles. The molecule has 14 heavy (non-hydrogen) atoms. The average Bonchev–Trinajstić information content (AvgIpc) is 2.71. The Bertz CT molecular complexity index is 447. The lowest BCUT2D eigenvalue weighted by molar-refractivity contribution is 0.505. The monoisotopic (exact) mass is 227 g/mol. The largest absolute Gasteiger partial charge is 0.466 e. The number of aryl methyl sites for hydroxylation is 2. The van der Waals surface area contributed by atoms with Gasteiger partial charge in [-0.25, -0.2) is 4.98 Å². The fraction of sp³-hybridized carbons (Fsp3) is 0.300. The SMILES string of the molecule is Cc1cc(-c2csc(CCl)n2)c(C)o1. The molecule has 0 N–H and O–H groups in total. The van der Waals surface area contributed by atoms with Gasteiger partial charge < -0.3 is 4.42 Å². The normalized spacial score (nSPS) is 10.8. The van der Waals surface area contributed by atoms with E-state index in [0.29, 0.717) is 5.88 Å². The van der Waals surface area contributed by atoms with E-state index in [9.17, 15) is 0 Å². The molecule has 0 spiro atoms. The number of hydrogen-bond acceptors (Lipinski definition) is 3. The van der Waals surface area contributed by atoms with Gasteiger partial charge in [0.25, 0.3) is 0 Å². The molecular formula is C10H10ClNOS. The Balaban J connectivity index is 2.43. The molecule has 2 aromatic rings. The van der Waals surface area contributed by atoms with Gasteiger partial charge in [-0.15, -0.1) is 22.9 Å². The number of nitrogens with zero attached hydrogens (tertiary/aromatic N) is 1. The highest BCUT2D eigenvalue weighted by molar-refractivity contribution is 7.10. The molecule has 0 unspecified atom stereocenters. The molecule has 0 radical (unpaired) electrons. The van der Waals surface area contributed by atoms with Crippen LogP contribution in [0.4, 0.5) is 0 Å². The highest BCUT2D eigenvalue weighted by Gasteiger charge is 2.10. The molecule has 74 valence electrons. The molecule has 0 atom stereocenters. The molecule has 0 fully saturated rings. The predicted molar refractivity (Wildman–Crippen MR) is 58.8 cm³/mol. The van der Waals surface area contributed by atoms with E-state index in [1.807, 2.05) is 25.3 Å². The zero-order chi connectivity index (χ0) is 10.1. The number of alkyl halides is 1. The van der Waals surface area contributed by atoms with Crippen LogP contribution in [0.1, 0.15) is 16.5 Å². The van der Waals surface area contributed by atoms with Gasteiger partial charge in [-0.05, 0) is 19.9 Å². The minimum atomic E-state index is 0.473. The lowest BCUT2D eigenvalue weighted by Gasteiger charge is -1.90. The summed E-state index contributed by atoms with van der Waals surface area (Å²) >= 11 is 7.27. The predicted octanol–water partition coefficient (Wildman–Crippen LogP) is 3.76. The van der Waals surface area contributed by atoms with E-state index in [1.54, 1.807) is 11.3 Å². The van der Waals surface area contributed by atoms with Crippen molar-refractivity contribution in [2.45, 2.75) is 19.7 Å². The Labute approximate surface area is 91.5 Å². The fourth-order valence-corrected chi connectivity index (χ4v) is 2.27. The molecule has 2 aromatic heterocycles. The molecule has 0 aliphatic heterocycles. The zero-order valence-electron chi connectivity index (χ0n) is 8.00. The lowest BCUT2D eigenvalue weighted by Crippen LogP contribution is -1.78. The van der Waals surface area contributed by atoms with E-state index < -0.39 is 0 Å². The molecule has 0 aliphatic carbocycles. The van der Waals surface area contributed by atoms with Crippen molar-refractivity contribution in [3.8, 4) is 11.3 Å². The van der Waals surface area contributed by atoms with Gasteiger partial charge in [0.05, 0.1) is 11.6 Å². The van der Waals surface area contributed by atoms with E-state index in [1.165, 1.54) is 0 Å². The number of hydrogen-bond donors (Lipinski definition) is 0. The van der Waals surface area contributed by atoms with Crippen molar-refractivity contribution in [1.29, 1.82) is 0 Å². The quantitative estimate of drug-likeness (QED) is 0.731. The topological polar surface area (TPSA) is 26.0 Å². The van der Waals surface area contributed by atoms with Crippen LogP contribution < -0.4 is 0 Å². The Morgan fingerprint density at radius 2 is 2.29 bits per heavy atom. The van der Waals surface area contributed by atoms with Crippen LogP contribution in [-0.4, -0.2) is 4.98 Å². The highest BCUT2D eigenvalue weighted by Crippen LogP contribution is 2.28. The van der Waals surface area contributed by atoms with Crippen molar-refractivity contribution in [1.82, 2.24) is 4.98 Å². The van der Waals surface area contributed by atoms with Crippen LogP contribution in [0, 0.1) is 13.8 Å². The van der Waals surface area contributed by atoms with Gasteiger partial charge in [0, 0.05) is 10.9 Å². The Morgan fingerprint density at radius 3 is 2.79 bits per heavy atom. The van der Waals surface area contributed by atoms with Crippen LogP contribution in [0.5, 0.6) is 0 Å². The molecule has 2 heterocycles. The first kappa shape index (κ1) is 9.74. The van der Waals surface area contributed by atoms with E-state index in [4.69, 9.17) is 16.0 Å². The van der Waals surface area contributed by atoms with Gasteiger partial charge in [-0.1, -0.05) is 0 Å². The van der Waals surface area contributed by atoms with Gasteiger partial charge in [-0.2, -0.15) is 0 Å². The smallest absolute Gasteiger partial charge is 0.110 e. The second-order valence-electron chi connectivity index (χ2n) is 3.09. The van der Waals surface area contributed by atoms with Crippen molar-refractivity contribution in [2.24, 2.45) is 0 Å². The maximum atomic E-state index is 5.70. The first-order chi connectivity index (χ1) is 6.70. The number of halogens is 1. The zero-order valence-corrected chi connectivity index (χ0v) is 9.58. The van der Waals surface area contributed by atoms with Crippen molar-refractivity contribution in [3.63, 3.8) is 0 Å². The van der Waals surface area contributed by atoms with Gasteiger partial charge in [0.2, 0.25) is 0 Å². The number of thiazole rings is 1. The summed E-state index contributed by atoms with van der Waals surface area (Å²) in [5.74, 6) is 2.30. The van der Waals surface area contributed by atoms with Crippen molar-refractivity contribution >= 4 is 22.9 Å². The van der Waals surface area contributed by atoms with Crippen LogP contribution in [-0.2, 0) is 5.88 Å². The third kappa shape index (κ3) is 1.70. The molecule has 0 bridgehead atoms. The van der Waals surface area contributed by atoms with Crippen LogP contribution >= 0.6 is 22.9 Å². The minimum Gasteiger partial charge on any atom is -0.466 e. The van der Waals surface area contributed by atoms with Crippen LogP contribution in [0.25, 0.3) is 11.3 Å². The Morgan fingerprint density at radius 1 is 1.50 bits per heavy atom. The Hall–Kier alpha value is -0.800. The molecular weight excluding hydrogens is 218 g/mol. The van der Waals surface area contributed by atoms with E-state index in [2.05, 4.69) is 4.98 Å². The van der Waals surface area contributed by atoms with Gasteiger partial charge >= 0.3 is 0 Å². The fourth-order valence-electron chi connectivity index (χ4n) is 1.38. The lowest BCUT2D eigenvalue weighted by atomic mass is 10.2. The molecule has 4 heteroatoms. The summed E-state index contributed by atoms with van der Waals surface area (Å²) in [6.07, 6.45) is 0. The van der Waals surface area contributed by atoms with Gasteiger partial charge in [0.15, 0.2) is 0 Å². The summed E-state index contributed by atoms with van der Waals surface area (Å²) in [6.45, 7) is 3.88. The molecule has 0 saturated carbocycles. The summed E-state index contributed by atoms with van der Waals surface area (Å²) in [5.41, 5.74) is 2.02. The second kappa shape index (κ2) is 3.75. The number of furan rings is 1. The van der Waals surface area contributed by atoms with Crippen molar-refractivity contribution in [3.05, 3.63) is 28.0 Å². The molecule has 2 rings (SSSR count). The van der Waals surface area contributed by atoms with Crippen LogP contribution in [0.2, 0.25) is 0 Å². The highest BCUT2D eigenvalue weighted by atomic mass is 35.5. The molecule has 2 nitrogen and oxygen atoms in total. The third-order valence-corrected chi connectivity index (χ3v) is 3.24. The maximum absolute atomic E-state index is 5.70. The molecule has 0 aliphatic rings. The van der Waals surface area contributed by atoms with Crippen molar-refractivity contribution in [2.75, 3.05) is 0 Å². The second-order valence-corrected chi connectivity index (χ2v) is 4.30. The summed E-state index contributed by atoms with van der Waals surface area (Å²) in [6, 6.07) is 2.00. The van der Waals surface area contributed by atoms with Gasteiger partial charge in [0.1, 0.15) is 16.5 Å². The van der Waals surface area contributed by atoms with Crippen molar-refractivity contribution < 1.29 is 4.42 Å². The van der Waals surface area contributed by atoms with Crippen LogP contribution in [0.15, 0.2) is 15.9 Å². The Kier molecular flexibility index (Phi) is 2.61. The average molecular weight is 228 g/mol. The summed E-state index contributed by atoms with van der Waals surface area (Å²) in [7, 11) is 0. The third-order valence-electron chi connectivity index (χ3n) is 1.98. The first-order valence-electron chi connectivity index (χ1n) is 4.28. The van der Waals surface area contributed by atoms with E-state index in [-0.39, 0.29) is 0 Å². The first-order valence-corrected chi connectivity index (χ1v) is 5.70. The molecule has 0 aromatic carbocycles. The summed E-state index contributed by atoms with van der Waals surface area (Å²) in [5, 5.41) is 2.95. The summed E-state index contributed by atoms with van der Waals surface area (Å²) < 4.78 is 5.44. The number of rotatable bonds is 2.